The Hall–Kier alpha value is -1.07. The first-order chi connectivity index (χ1) is 18.8. The van der Waals surface area contributed by atoms with Crippen molar-refractivity contribution in [2.45, 2.75) is 135 Å². The van der Waals surface area contributed by atoms with Crippen molar-refractivity contribution in [2.75, 3.05) is 6.61 Å². The van der Waals surface area contributed by atoms with Crippen LogP contribution in [0.3, 0.4) is 0 Å². The van der Waals surface area contributed by atoms with Crippen LogP contribution in [0.25, 0.3) is 0 Å². The van der Waals surface area contributed by atoms with Crippen LogP contribution in [0.15, 0.2) is 40.9 Å². The van der Waals surface area contributed by atoms with Crippen LogP contribution < -0.4 is 0 Å². The van der Waals surface area contributed by atoms with Crippen LogP contribution in [0.5, 0.6) is 0 Å². The summed E-state index contributed by atoms with van der Waals surface area (Å²) in [4.78, 5) is 24.1. The summed E-state index contributed by atoms with van der Waals surface area (Å²) >= 11 is 3.35. The number of Topliss-reactive ketones (excluding diaryl/α,β-unsaturated/α-hetero) is 1. The lowest BCUT2D eigenvalue weighted by Crippen LogP contribution is -2.44. The van der Waals surface area contributed by atoms with E-state index in [9.17, 15) is 9.59 Å². The molecular formula is C32H55BrO5Si2. The molecule has 1 aromatic rings. The number of carbonyl (C=O) groups excluding carboxylic acids is 2. The molecule has 0 aliphatic heterocycles. The van der Waals surface area contributed by atoms with Gasteiger partial charge in [0, 0.05) is 16.5 Å². The zero-order valence-electron chi connectivity index (χ0n) is 26.2. The van der Waals surface area contributed by atoms with E-state index in [4.69, 9.17) is 13.6 Å². The molecule has 0 saturated heterocycles. The van der Waals surface area contributed by atoms with E-state index in [-0.39, 0.29) is 30.6 Å². The molecule has 0 saturated carbocycles. The van der Waals surface area contributed by atoms with Crippen molar-refractivity contribution in [1.29, 1.82) is 0 Å². The number of unbranched alkanes of at least 4 members (excludes halogenated alkanes) is 7. The molecule has 0 aromatic heterocycles. The summed E-state index contributed by atoms with van der Waals surface area (Å²) in [6, 6.07) is 7.06. The van der Waals surface area contributed by atoms with Gasteiger partial charge in [0.2, 0.25) is 0 Å². The maximum Gasteiger partial charge on any atom is 0.306 e. The molecule has 1 aromatic carbocycles. The van der Waals surface area contributed by atoms with Gasteiger partial charge in [0.15, 0.2) is 29.0 Å². The molecule has 0 heterocycles. The van der Waals surface area contributed by atoms with Crippen LogP contribution in [0.4, 0.5) is 0 Å². The Balaban J connectivity index is 2.31. The van der Waals surface area contributed by atoms with Gasteiger partial charge in [-0.05, 0) is 83.5 Å². The summed E-state index contributed by atoms with van der Waals surface area (Å²) in [7, 11) is -3.35. The van der Waals surface area contributed by atoms with Gasteiger partial charge in [0.05, 0.1) is 12.2 Å². The van der Waals surface area contributed by atoms with E-state index in [1.165, 1.54) is 19.3 Å². The number of halogens is 1. The van der Waals surface area contributed by atoms with Crippen molar-refractivity contribution >= 4 is 44.3 Å². The number of esters is 1. The van der Waals surface area contributed by atoms with Crippen LogP contribution in [-0.4, -0.2) is 47.2 Å². The Bertz CT molecular complexity index is 875. The van der Waals surface area contributed by atoms with Gasteiger partial charge >= 0.3 is 5.97 Å². The molecule has 0 radical (unpaired) electrons. The number of allylic oxidation sites excluding steroid dienone is 1. The van der Waals surface area contributed by atoms with E-state index in [1.54, 1.807) is 24.3 Å². The predicted octanol–water partition coefficient (Wildman–Crippen LogP) is 9.87. The number of hydrogen-bond donors (Lipinski definition) is 0. The Morgan fingerprint density at radius 1 is 0.800 bits per heavy atom. The second-order valence-corrected chi connectivity index (χ2v) is 22.5. The number of ether oxygens (including phenoxy) is 1. The van der Waals surface area contributed by atoms with Crippen molar-refractivity contribution in [2.24, 2.45) is 0 Å². The van der Waals surface area contributed by atoms with Gasteiger partial charge in [-0.15, -0.1) is 0 Å². The maximum atomic E-state index is 12.1. The van der Waals surface area contributed by atoms with E-state index >= 15 is 0 Å². The smallest absolute Gasteiger partial charge is 0.306 e. The van der Waals surface area contributed by atoms with Crippen molar-refractivity contribution in [1.82, 2.24) is 0 Å². The number of rotatable bonds is 22. The van der Waals surface area contributed by atoms with Crippen LogP contribution in [0, 0.1) is 0 Å². The van der Waals surface area contributed by atoms with Gasteiger partial charge in [-0.25, -0.2) is 0 Å². The van der Waals surface area contributed by atoms with Crippen molar-refractivity contribution in [3.8, 4) is 0 Å². The molecule has 5 nitrogen and oxygen atoms in total. The van der Waals surface area contributed by atoms with Gasteiger partial charge in [0.1, 0.15) is 0 Å². The quantitative estimate of drug-likeness (QED) is 0.0409. The molecule has 0 bridgehead atoms. The summed E-state index contributed by atoms with van der Waals surface area (Å²) in [5, 5.41) is 0. The van der Waals surface area contributed by atoms with Crippen LogP contribution in [-0.2, 0) is 18.4 Å². The van der Waals surface area contributed by atoms with Gasteiger partial charge < -0.3 is 13.6 Å². The second-order valence-electron chi connectivity index (χ2n) is 12.6. The largest absolute Gasteiger partial charge is 0.457 e. The Labute approximate surface area is 255 Å². The third-order valence-electron chi connectivity index (χ3n) is 6.33. The van der Waals surface area contributed by atoms with E-state index in [1.807, 2.05) is 0 Å². The average Bonchev–Trinajstić information content (AvgIpc) is 2.86. The highest BCUT2D eigenvalue weighted by atomic mass is 79.9. The van der Waals surface area contributed by atoms with Crippen molar-refractivity contribution < 1.29 is 23.2 Å². The predicted molar refractivity (Wildman–Crippen MR) is 176 cm³/mol. The highest BCUT2D eigenvalue weighted by Crippen LogP contribution is 2.24. The summed E-state index contributed by atoms with van der Waals surface area (Å²) in [6.07, 6.45) is 17.2. The molecule has 1 rings (SSSR count). The van der Waals surface area contributed by atoms with Crippen molar-refractivity contribution in [3.63, 3.8) is 0 Å². The summed E-state index contributed by atoms with van der Waals surface area (Å²) in [6.45, 7) is 15.7. The molecule has 0 aliphatic rings. The van der Waals surface area contributed by atoms with Gasteiger partial charge in [-0.3, -0.25) is 9.59 Å². The minimum atomic E-state index is -1.69. The molecule has 0 aliphatic carbocycles. The molecule has 2 atom stereocenters. The number of benzene rings is 1. The lowest BCUT2D eigenvalue weighted by molar-refractivity contribution is -0.142. The first kappa shape index (κ1) is 37.0. The Morgan fingerprint density at radius 2 is 1.40 bits per heavy atom. The van der Waals surface area contributed by atoms with E-state index in [2.05, 4.69) is 74.3 Å². The van der Waals surface area contributed by atoms with Gasteiger partial charge in [0.25, 0.3) is 0 Å². The van der Waals surface area contributed by atoms with Crippen LogP contribution >= 0.6 is 15.9 Å². The Morgan fingerprint density at radius 3 is 2.02 bits per heavy atom. The Kier molecular flexibility index (Phi) is 18.4. The normalized spacial score (nSPS) is 13.9. The first-order valence-electron chi connectivity index (χ1n) is 15.3. The molecule has 228 valence electrons. The minimum Gasteiger partial charge on any atom is -0.457 e. The zero-order chi connectivity index (χ0) is 30.0. The van der Waals surface area contributed by atoms with E-state index in [0.717, 1.165) is 55.8 Å². The van der Waals surface area contributed by atoms with Gasteiger partial charge in [-0.1, -0.05) is 85.7 Å². The number of carbonyl (C=O) groups is 2. The van der Waals surface area contributed by atoms with E-state index in [0.29, 0.717) is 12.0 Å². The lowest BCUT2D eigenvalue weighted by atomic mass is 10.0. The first-order valence-corrected chi connectivity index (χ1v) is 22.9. The molecule has 0 N–H and O–H groups in total. The molecule has 40 heavy (non-hydrogen) atoms. The SMILES string of the molecule is CCCCCC(O[Si](C)(C)C)C(C/C=C\CCCCCCCC(=O)OCC(=O)c1ccc(Br)cc1)O[Si](C)(C)C. The van der Waals surface area contributed by atoms with E-state index < -0.39 is 16.6 Å². The molecule has 0 amide bonds. The van der Waals surface area contributed by atoms with Crippen LogP contribution in [0.1, 0.15) is 94.3 Å². The summed E-state index contributed by atoms with van der Waals surface area (Å²) < 4.78 is 19.4. The lowest BCUT2D eigenvalue weighted by Gasteiger charge is -2.36. The monoisotopic (exact) mass is 654 g/mol. The van der Waals surface area contributed by atoms with Crippen molar-refractivity contribution in [3.05, 3.63) is 46.5 Å². The van der Waals surface area contributed by atoms with Crippen LogP contribution in [0.2, 0.25) is 39.3 Å². The third-order valence-corrected chi connectivity index (χ3v) is 8.88. The third kappa shape index (κ3) is 19.1. The number of hydrogen-bond acceptors (Lipinski definition) is 5. The fourth-order valence-corrected chi connectivity index (χ4v) is 7.05. The molecule has 0 fully saturated rings. The fourth-order valence-electron chi connectivity index (χ4n) is 4.45. The second kappa shape index (κ2) is 19.9. The highest BCUT2D eigenvalue weighted by Gasteiger charge is 2.31. The standard InChI is InChI=1S/C32H55BrO5Si2/c1-8-9-16-19-30(37-39(2,3)4)31(38-40(5,6)7)20-17-14-12-10-11-13-15-18-21-32(35)36-26-29(34)27-22-24-28(33)25-23-27/h14,17,22-25,30-31H,8-13,15-16,18-21,26H2,1-7H3/b17-14-. The summed E-state index contributed by atoms with van der Waals surface area (Å²) in [5.74, 6) is -0.475. The highest BCUT2D eigenvalue weighted by molar-refractivity contribution is 9.10. The molecule has 0 spiro atoms. The fraction of sp³-hybridized carbons (Fsp3) is 0.688. The topological polar surface area (TPSA) is 61.8 Å². The minimum absolute atomic E-state index is 0.136. The molecular weight excluding hydrogens is 600 g/mol. The molecule has 8 heteroatoms. The maximum absolute atomic E-state index is 12.1. The zero-order valence-corrected chi connectivity index (χ0v) is 29.8. The number of ketones is 1. The average molecular weight is 656 g/mol. The summed E-state index contributed by atoms with van der Waals surface area (Å²) in [5.41, 5.74) is 0.552. The van der Waals surface area contributed by atoms with Gasteiger partial charge in [-0.2, -0.15) is 0 Å². The molecule has 2 unspecified atom stereocenters.